The molecule has 0 aliphatic rings. The number of furan rings is 1. The fourth-order valence-corrected chi connectivity index (χ4v) is 10.8. The van der Waals surface area contributed by atoms with Gasteiger partial charge in [0, 0.05) is 44.8 Å². The minimum atomic E-state index is 0.0116. The highest BCUT2D eigenvalue weighted by Gasteiger charge is 2.23. The van der Waals surface area contributed by atoms with Gasteiger partial charge in [-0.25, -0.2) is 0 Å². The quantitative estimate of drug-likeness (QED) is 0.133. The van der Waals surface area contributed by atoms with E-state index < -0.39 is 0 Å². The van der Waals surface area contributed by atoms with Gasteiger partial charge in [-0.05, 0) is 93.0 Å². The normalized spacial score (nSPS) is 12.3. The van der Waals surface area contributed by atoms with Crippen molar-refractivity contribution in [1.82, 2.24) is 9.13 Å². The van der Waals surface area contributed by atoms with Crippen LogP contribution in [0, 0.1) is 0 Å². The van der Waals surface area contributed by atoms with Crippen molar-refractivity contribution in [3.63, 3.8) is 0 Å². The molecular formula is C64H44N2O. The van der Waals surface area contributed by atoms with Gasteiger partial charge in [-0.1, -0.05) is 206 Å². The van der Waals surface area contributed by atoms with Crippen molar-refractivity contribution in [2.45, 2.75) is 11.8 Å². The lowest BCUT2D eigenvalue weighted by Gasteiger charge is -2.21. The molecule has 0 spiro atoms. The molecule has 0 N–H and O–H groups in total. The summed E-state index contributed by atoms with van der Waals surface area (Å²) < 4.78 is 11.3. The van der Waals surface area contributed by atoms with E-state index in [1.54, 1.807) is 0 Å². The lowest BCUT2D eigenvalue weighted by Crippen LogP contribution is -2.04. The molecule has 3 nitrogen and oxygen atoms in total. The molecule has 1 unspecified atom stereocenters. The third kappa shape index (κ3) is 6.50. The zero-order valence-electron chi connectivity index (χ0n) is 36.7. The van der Waals surface area contributed by atoms with E-state index in [1.807, 2.05) is 6.07 Å². The lowest BCUT2D eigenvalue weighted by atomic mass is 9.84. The first-order valence-corrected chi connectivity index (χ1v) is 23.2. The van der Waals surface area contributed by atoms with Crippen LogP contribution in [0.1, 0.15) is 45.2 Å². The molecule has 1 atom stereocenters. The van der Waals surface area contributed by atoms with Crippen molar-refractivity contribution in [2.24, 2.45) is 0 Å². The summed E-state index contributed by atoms with van der Waals surface area (Å²) in [6, 6.07) is 92.6. The van der Waals surface area contributed by atoms with Gasteiger partial charge in [-0.3, -0.25) is 4.57 Å². The van der Waals surface area contributed by atoms with E-state index in [0.717, 1.165) is 39.0 Å². The van der Waals surface area contributed by atoms with E-state index in [9.17, 15) is 0 Å². The van der Waals surface area contributed by atoms with E-state index in [0.29, 0.717) is 0 Å². The maximum atomic E-state index is 6.58. The van der Waals surface area contributed by atoms with Crippen LogP contribution in [0.3, 0.4) is 0 Å². The average molecular weight is 857 g/mol. The Balaban J connectivity index is 0.906. The molecule has 0 saturated carbocycles. The van der Waals surface area contributed by atoms with Crippen molar-refractivity contribution in [3.8, 4) is 22.5 Å². The number of fused-ring (bicyclic) bond motifs is 8. The maximum absolute atomic E-state index is 6.58. The second kappa shape index (κ2) is 16.1. The largest absolute Gasteiger partial charge is 0.439 e. The SMILES string of the molecule is c1ccc(C(c2ccccc2)c2ccc(-n3c4ccccc4c4c(-c5cccc(C(c6ccccc6)c6ccc(-n7c8ccccc8c8c9ccccc9oc87)cc6)c5)cccc43)cc2)cc1. The molecule has 0 fully saturated rings. The molecule has 0 aliphatic carbocycles. The van der Waals surface area contributed by atoms with Gasteiger partial charge in [0.1, 0.15) is 5.58 Å². The van der Waals surface area contributed by atoms with Crippen molar-refractivity contribution in [1.29, 1.82) is 0 Å². The molecule has 0 bridgehead atoms. The zero-order valence-corrected chi connectivity index (χ0v) is 36.7. The van der Waals surface area contributed by atoms with E-state index in [4.69, 9.17) is 4.42 Å². The van der Waals surface area contributed by atoms with Gasteiger partial charge in [0.25, 0.3) is 0 Å². The molecule has 10 aromatic carbocycles. The number of rotatable bonds is 9. The predicted octanol–water partition coefficient (Wildman–Crippen LogP) is 16.7. The first-order valence-electron chi connectivity index (χ1n) is 23.2. The molecule has 0 radical (unpaired) electrons. The summed E-state index contributed by atoms with van der Waals surface area (Å²) in [5.74, 6) is 0.150. The summed E-state index contributed by atoms with van der Waals surface area (Å²) in [6.45, 7) is 0. The van der Waals surface area contributed by atoms with E-state index in [2.05, 4.69) is 258 Å². The van der Waals surface area contributed by atoms with Crippen LogP contribution < -0.4 is 0 Å². The molecule has 316 valence electrons. The van der Waals surface area contributed by atoms with Gasteiger partial charge in [0.15, 0.2) is 0 Å². The Morgan fingerprint density at radius 3 is 1.34 bits per heavy atom. The molecule has 13 rings (SSSR count). The van der Waals surface area contributed by atoms with Crippen LogP contribution in [0.25, 0.3) is 77.3 Å². The third-order valence-corrected chi connectivity index (χ3v) is 13.8. The number of para-hydroxylation sites is 3. The summed E-state index contributed by atoms with van der Waals surface area (Å²) in [4.78, 5) is 0. The number of aromatic nitrogens is 2. The van der Waals surface area contributed by atoms with Crippen LogP contribution in [0.4, 0.5) is 0 Å². The third-order valence-electron chi connectivity index (χ3n) is 13.8. The van der Waals surface area contributed by atoms with Crippen molar-refractivity contribution in [3.05, 3.63) is 288 Å². The summed E-state index contributed by atoms with van der Waals surface area (Å²) in [6.07, 6.45) is 0. The second-order valence-electron chi connectivity index (χ2n) is 17.6. The van der Waals surface area contributed by atoms with E-state index >= 15 is 0 Å². The first-order chi connectivity index (χ1) is 33.3. The number of benzene rings is 10. The molecule has 3 heteroatoms. The van der Waals surface area contributed by atoms with Gasteiger partial charge in [0.05, 0.1) is 21.9 Å². The molecule has 3 heterocycles. The Morgan fingerprint density at radius 2 is 0.731 bits per heavy atom. The molecule has 0 amide bonds. The Hall–Kier alpha value is -8.66. The van der Waals surface area contributed by atoms with Gasteiger partial charge >= 0.3 is 0 Å². The molecule has 0 saturated heterocycles. The van der Waals surface area contributed by atoms with Gasteiger partial charge in [0.2, 0.25) is 5.71 Å². The number of hydrogen-bond donors (Lipinski definition) is 0. The topological polar surface area (TPSA) is 23.0 Å². The Kier molecular flexibility index (Phi) is 9.31. The first kappa shape index (κ1) is 38.8. The van der Waals surface area contributed by atoms with Crippen LogP contribution in [0.5, 0.6) is 0 Å². The lowest BCUT2D eigenvalue weighted by molar-refractivity contribution is 0.645. The fourth-order valence-electron chi connectivity index (χ4n) is 10.8. The second-order valence-corrected chi connectivity index (χ2v) is 17.6. The maximum Gasteiger partial charge on any atom is 0.213 e. The molecule has 13 aromatic rings. The van der Waals surface area contributed by atoms with Gasteiger partial charge in [-0.2, -0.15) is 0 Å². The Labute approximate surface area is 389 Å². The van der Waals surface area contributed by atoms with Crippen molar-refractivity contribution in [2.75, 3.05) is 0 Å². The minimum absolute atomic E-state index is 0.0116. The predicted molar refractivity (Wildman–Crippen MR) is 278 cm³/mol. The number of nitrogens with zero attached hydrogens (tertiary/aromatic N) is 2. The molecule has 67 heavy (non-hydrogen) atoms. The van der Waals surface area contributed by atoms with E-state index in [-0.39, 0.29) is 11.8 Å². The highest BCUT2D eigenvalue weighted by atomic mass is 16.3. The van der Waals surface area contributed by atoms with Crippen LogP contribution in [0.15, 0.2) is 259 Å². The van der Waals surface area contributed by atoms with E-state index in [1.165, 1.54) is 71.7 Å². The highest BCUT2D eigenvalue weighted by Crippen LogP contribution is 2.43. The van der Waals surface area contributed by atoms with Crippen LogP contribution in [0.2, 0.25) is 0 Å². The summed E-state index contributed by atoms with van der Waals surface area (Å²) in [7, 11) is 0. The van der Waals surface area contributed by atoms with Crippen molar-refractivity contribution < 1.29 is 4.42 Å². The van der Waals surface area contributed by atoms with Crippen LogP contribution in [-0.4, -0.2) is 9.13 Å². The van der Waals surface area contributed by atoms with Gasteiger partial charge in [-0.15, -0.1) is 0 Å². The minimum Gasteiger partial charge on any atom is -0.439 e. The standard InChI is InChI=1S/C64H44N2O/c1-4-18-43(19-5-1)60(44-20-6-2-7-21-44)46-34-38-50(39-35-46)65-56-30-13-10-26-53(56)62-52(29-17-32-58(62)65)48-24-16-25-49(42-48)61(45-22-8-3-9-23-45)47-36-40-51(41-37-47)66-57-31-14-11-27-54(57)63-55-28-12-15-33-59(55)67-64(63)66/h1-42,60-61H. The molecular weight excluding hydrogens is 813 g/mol. The van der Waals surface area contributed by atoms with Crippen LogP contribution in [-0.2, 0) is 0 Å². The van der Waals surface area contributed by atoms with Crippen LogP contribution >= 0.6 is 0 Å². The zero-order chi connectivity index (χ0) is 44.3. The molecule has 3 aromatic heterocycles. The Morgan fingerprint density at radius 1 is 0.299 bits per heavy atom. The fraction of sp³-hybridized carbons (Fsp3) is 0.0312. The number of hydrogen-bond acceptors (Lipinski definition) is 1. The van der Waals surface area contributed by atoms with Crippen molar-refractivity contribution >= 4 is 54.8 Å². The summed E-state index contributed by atoms with van der Waals surface area (Å²) in [5.41, 5.74) is 17.5. The smallest absolute Gasteiger partial charge is 0.213 e. The monoisotopic (exact) mass is 856 g/mol. The van der Waals surface area contributed by atoms with Gasteiger partial charge < -0.3 is 8.98 Å². The average Bonchev–Trinajstić information content (AvgIpc) is 4.05. The molecule has 0 aliphatic heterocycles. The Bertz CT molecular complexity index is 3860. The highest BCUT2D eigenvalue weighted by molar-refractivity contribution is 6.20. The summed E-state index contributed by atoms with van der Waals surface area (Å²) in [5, 5.41) is 5.97. The summed E-state index contributed by atoms with van der Waals surface area (Å²) >= 11 is 0.